The van der Waals surface area contributed by atoms with E-state index in [4.69, 9.17) is 14.2 Å². The third-order valence-corrected chi connectivity index (χ3v) is 8.37. The molecule has 2 unspecified atom stereocenters. The first-order valence-corrected chi connectivity index (χ1v) is 17.8. The maximum Gasteiger partial charge on any atom is 0.308 e. The van der Waals surface area contributed by atoms with E-state index in [-0.39, 0.29) is 31.3 Å². The van der Waals surface area contributed by atoms with Gasteiger partial charge in [-0.3, -0.25) is 14.4 Å². The Morgan fingerprint density at radius 1 is 0.848 bits per heavy atom. The van der Waals surface area contributed by atoms with Crippen LogP contribution < -0.4 is 10.6 Å². The lowest BCUT2D eigenvalue weighted by molar-refractivity contribution is -0.304. The molecule has 2 atom stereocenters. The molecule has 1 saturated heterocycles. The van der Waals surface area contributed by atoms with Crippen molar-refractivity contribution in [1.29, 1.82) is 0 Å². The van der Waals surface area contributed by atoms with Gasteiger partial charge in [0.1, 0.15) is 12.2 Å². The van der Waals surface area contributed by atoms with E-state index in [1.165, 1.54) is 57.8 Å². The van der Waals surface area contributed by atoms with E-state index in [2.05, 4.69) is 29.7 Å². The van der Waals surface area contributed by atoms with Crippen molar-refractivity contribution in [3.8, 4) is 0 Å². The molecule has 0 spiro atoms. The van der Waals surface area contributed by atoms with Gasteiger partial charge in [0.05, 0.1) is 19.6 Å². The van der Waals surface area contributed by atoms with E-state index in [1.807, 2.05) is 44.2 Å². The number of benzene rings is 1. The number of unbranched alkanes of at least 4 members (excludes halogenated alkanes) is 11. The molecule has 46 heavy (non-hydrogen) atoms. The van der Waals surface area contributed by atoms with Gasteiger partial charge in [-0.05, 0) is 51.5 Å². The Morgan fingerprint density at radius 2 is 1.46 bits per heavy atom. The summed E-state index contributed by atoms with van der Waals surface area (Å²) in [5.74, 6) is -1.62. The molecule has 2 rings (SSSR count). The lowest BCUT2D eigenvalue weighted by Crippen LogP contribution is -2.56. The zero-order chi connectivity index (χ0) is 33.7. The van der Waals surface area contributed by atoms with E-state index in [9.17, 15) is 14.4 Å². The first kappa shape index (κ1) is 39.5. The van der Waals surface area contributed by atoms with Crippen LogP contribution in [0.2, 0.25) is 0 Å². The largest absolute Gasteiger partial charge is 0.456 e. The number of rotatable bonds is 23. The van der Waals surface area contributed by atoms with Gasteiger partial charge >= 0.3 is 5.97 Å². The molecule has 8 nitrogen and oxygen atoms in total. The van der Waals surface area contributed by atoms with Crippen molar-refractivity contribution in [2.24, 2.45) is 5.41 Å². The molecule has 1 heterocycles. The maximum atomic E-state index is 12.9. The van der Waals surface area contributed by atoms with Crippen LogP contribution in [0.4, 0.5) is 0 Å². The minimum atomic E-state index is -0.853. The molecule has 1 aliphatic rings. The first-order valence-electron chi connectivity index (χ1n) is 17.8. The summed E-state index contributed by atoms with van der Waals surface area (Å²) in [5.41, 5.74) is 0.307. The van der Waals surface area contributed by atoms with Crippen molar-refractivity contribution in [2.75, 3.05) is 19.7 Å². The van der Waals surface area contributed by atoms with E-state index < -0.39 is 29.4 Å². The molecule has 260 valence electrons. The highest BCUT2D eigenvalue weighted by Gasteiger charge is 2.45. The van der Waals surface area contributed by atoms with Gasteiger partial charge in [0.25, 0.3) is 0 Å². The normalized spacial score (nSPS) is 17.8. The molecule has 0 saturated carbocycles. The Balaban J connectivity index is 1.63. The summed E-state index contributed by atoms with van der Waals surface area (Å²) >= 11 is 0. The Labute approximate surface area is 278 Å². The monoisotopic (exact) mass is 642 g/mol. The number of carbonyl (C=O) groups excluding carboxylic acids is 3. The van der Waals surface area contributed by atoms with Crippen molar-refractivity contribution >= 4 is 17.8 Å². The molecular formula is C38H62N2O6. The van der Waals surface area contributed by atoms with E-state index in [1.54, 1.807) is 13.8 Å². The molecule has 1 aliphatic heterocycles. The quantitative estimate of drug-likeness (QED) is 0.0710. The number of nitrogens with one attached hydrogen (secondary N) is 2. The Morgan fingerprint density at radius 3 is 2.11 bits per heavy atom. The highest BCUT2D eigenvalue weighted by Crippen LogP contribution is 2.34. The minimum Gasteiger partial charge on any atom is -0.456 e. The predicted octanol–water partition coefficient (Wildman–Crippen LogP) is 8.11. The molecule has 0 bridgehead atoms. The second kappa shape index (κ2) is 22.0. The summed E-state index contributed by atoms with van der Waals surface area (Å²) in [6, 6.07) is 9.40. The Hall–Kier alpha value is -2.71. The zero-order valence-corrected chi connectivity index (χ0v) is 29.4. The number of carbonyl (C=O) groups is 3. The van der Waals surface area contributed by atoms with Gasteiger partial charge in [-0.2, -0.15) is 0 Å². The molecule has 1 aromatic carbocycles. The van der Waals surface area contributed by atoms with Crippen molar-refractivity contribution in [3.63, 3.8) is 0 Å². The highest BCUT2D eigenvalue weighted by molar-refractivity contribution is 5.82. The van der Waals surface area contributed by atoms with Gasteiger partial charge in [-0.1, -0.05) is 115 Å². The SMILES string of the molecule is CCCCCCCC/C=C\CCCCCCCC(=O)NCC(OC(=O)CCNC(=O)C1OC(C)(C)OCC1(C)C)c1ccccc1. The number of allylic oxidation sites excluding steroid dienone is 2. The smallest absolute Gasteiger partial charge is 0.308 e. The lowest BCUT2D eigenvalue weighted by atomic mass is 9.85. The van der Waals surface area contributed by atoms with Crippen LogP contribution in [-0.4, -0.2) is 49.4 Å². The molecule has 0 aromatic heterocycles. The zero-order valence-electron chi connectivity index (χ0n) is 29.4. The molecule has 8 heteroatoms. The fraction of sp³-hybridized carbons (Fsp3) is 0.711. The average Bonchev–Trinajstić information content (AvgIpc) is 3.02. The number of ether oxygens (including phenoxy) is 3. The predicted molar refractivity (Wildman–Crippen MR) is 184 cm³/mol. The van der Waals surface area contributed by atoms with Crippen LogP contribution in [0.1, 0.15) is 143 Å². The molecule has 2 N–H and O–H groups in total. The summed E-state index contributed by atoms with van der Waals surface area (Å²) in [6.45, 7) is 10.4. The van der Waals surface area contributed by atoms with Crippen LogP contribution in [-0.2, 0) is 28.6 Å². The van der Waals surface area contributed by atoms with Gasteiger partial charge < -0.3 is 24.8 Å². The van der Waals surface area contributed by atoms with Gasteiger partial charge in [-0.15, -0.1) is 0 Å². The Bertz CT molecular complexity index is 1040. The third-order valence-electron chi connectivity index (χ3n) is 8.37. The van der Waals surface area contributed by atoms with Crippen molar-refractivity contribution in [3.05, 3.63) is 48.0 Å². The van der Waals surface area contributed by atoms with Gasteiger partial charge in [0.15, 0.2) is 5.79 Å². The van der Waals surface area contributed by atoms with Gasteiger partial charge in [0.2, 0.25) is 11.8 Å². The van der Waals surface area contributed by atoms with Crippen molar-refractivity contribution < 1.29 is 28.6 Å². The molecule has 0 aliphatic carbocycles. The number of hydrogen-bond donors (Lipinski definition) is 2. The van der Waals surface area contributed by atoms with Crippen LogP contribution in [0.5, 0.6) is 0 Å². The fourth-order valence-corrected chi connectivity index (χ4v) is 5.47. The summed E-state index contributed by atoms with van der Waals surface area (Å²) in [4.78, 5) is 38.2. The molecule has 2 amide bonds. The van der Waals surface area contributed by atoms with Crippen LogP contribution in [0.25, 0.3) is 0 Å². The summed E-state index contributed by atoms with van der Waals surface area (Å²) in [5, 5.41) is 5.76. The number of amides is 2. The molecule has 0 radical (unpaired) electrons. The molecule has 1 fully saturated rings. The standard InChI is InChI=1S/C38H62N2O6/c1-6-7-8-9-10-11-12-13-14-15-16-17-18-19-23-26-33(41)40-29-32(31-24-21-20-22-25-31)45-34(42)27-28-39-36(43)35-37(2,3)30-44-38(4,5)46-35/h13-14,20-22,24-25,32,35H,6-12,15-19,23,26-30H2,1-5H3,(H,39,43)(H,40,41)/b14-13-. The average molecular weight is 643 g/mol. The van der Waals surface area contributed by atoms with E-state index in [0.29, 0.717) is 13.0 Å². The number of hydrogen-bond acceptors (Lipinski definition) is 6. The van der Waals surface area contributed by atoms with Gasteiger partial charge in [0, 0.05) is 18.4 Å². The van der Waals surface area contributed by atoms with Crippen LogP contribution in [0.15, 0.2) is 42.5 Å². The van der Waals surface area contributed by atoms with Crippen molar-refractivity contribution in [1.82, 2.24) is 10.6 Å². The highest BCUT2D eigenvalue weighted by atomic mass is 16.7. The minimum absolute atomic E-state index is 0.00494. The molecular weight excluding hydrogens is 580 g/mol. The van der Waals surface area contributed by atoms with Gasteiger partial charge in [-0.25, -0.2) is 0 Å². The Kier molecular flexibility index (Phi) is 18.8. The van der Waals surface area contributed by atoms with Crippen LogP contribution in [0, 0.1) is 5.41 Å². The second-order valence-electron chi connectivity index (χ2n) is 13.7. The topological polar surface area (TPSA) is 103 Å². The van der Waals surface area contributed by atoms with Crippen LogP contribution in [0.3, 0.4) is 0 Å². The summed E-state index contributed by atoms with van der Waals surface area (Å²) in [7, 11) is 0. The lowest BCUT2D eigenvalue weighted by Gasteiger charge is -2.44. The number of esters is 1. The third kappa shape index (κ3) is 16.7. The van der Waals surface area contributed by atoms with Crippen LogP contribution >= 0.6 is 0 Å². The maximum absolute atomic E-state index is 12.9. The summed E-state index contributed by atoms with van der Waals surface area (Å²) in [6.07, 6.45) is 19.6. The van der Waals surface area contributed by atoms with E-state index in [0.717, 1.165) is 31.2 Å². The fourth-order valence-electron chi connectivity index (χ4n) is 5.47. The molecule has 1 aromatic rings. The summed E-state index contributed by atoms with van der Waals surface area (Å²) < 4.78 is 17.3. The second-order valence-corrected chi connectivity index (χ2v) is 13.7. The van der Waals surface area contributed by atoms with E-state index >= 15 is 0 Å². The van der Waals surface area contributed by atoms with Crippen molar-refractivity contribution in [2.45, 2.75) is 149 Å². The first-order chi connectivity index (χ1) is 22.0.